The van der Waals surface area contributed by atoms with Crippen molar-refractivity contribution in [2.45, 2.75) is 6.92 Å². The molecule has 0 spiro atoms. The first kappa shape index (κ1) is 23.2. The van der Waals surface area contributed by atoms with Gasteiger partial charge in [0.05, 0.1) is 6.61 Å². The molecule has 8 heteroatoms. The number of hydrogen-bond acceptors (Lipinski definition) is 6. The molecule has 0 aliphatic heterocycles. The molecule has 0 fully saturated rings. The molecule has 0 radical (unpaired) electrons. The molecule has 6 nitrogen and oxygen atoms in total. The first-order valence-corrected chi connectivity index (χ1v) is 10.6. The van der Waals surface area contributed by atoms with Gasteiger partial charge in [-0.15, -0.1) is 11.3 Å². The van der Waals surface area contributed by atoms with Crippen molar-refractivity contribution < 1.29 is 28.2 Å². The van der Waals surface area contributed by atoms with Crippen LogP contribution in [0.25, 0.3) is 17.2 Å². The Hall–Kier alpha value is -3.49. The zero-order chi connectivity index (χ0) is 22.9. The molecule has 0 saturated carbocycles. The van der Waals surface area contributed by atoms with Gasteiger partial charge in [0.25, 0.3) is 0 Å². The van der Waals surface area contributed by atoms with Gasteiger partial charge in [-0.3, -0.25) is 4.79 Å². The second-order valence-electron chi connectivity index (χ2n) is 6.52. The Morgan fingerprint density at radius 3 is 2.47 bits per heavy atom. The lowest BCUT2D eigenvalue weighted by Crippen LogP contribution is -2.12. The summed E-state index contributed by atoms with van der Waals surface area (Å²) < 4.78 is 28.6. The van der Waals surface area contributed by atoms with E-state index in [2.05, 4.69) is 5.32 Å². The van der Waals surface area contributed by atoms with Gasteiger partial charge in [-0.05, 0) is 48.4 Å². The Balaban J connectivity index is 1.77. The highest BCUT2D eigenvalue weighted by Gasteiger charge is 2.22. The number of amides is 1. The Bertz CT molecular complexity index is 1090. The Morgan fingerprint density at radius 1 is 1.09 bits per heavy atom. The fourth-order valence-corrected chi connectivity index (χ4v) is 3.79. The van der Waals surface area contributed by atoms with E-state index < -0.39 is 11.9 Å². The maximum Gasteiger partial charge on any atom is 0.341 e. The largest absolute Gasteiger partial charge is 0.468 e. The van der Waals surface area contributed by atoms with Gasteiger partial charge in [-0.25, -0.2) is 9.18 Å². The monoisotopic (exact) mass is 455 g/mol. The first-order chi connectivity index (χ1) is 15.5. The second kappa shape index (κ2) is 11.2. The van der Waals surface area contributed by atoms with Crippen molar-refractivity contribution in [3.63, 3.8) is 0 Å². The van der Waals surface area contributed by atoms with Crippen molar-refractivity contribution in [2.24, 2.45) is 0 Å². The Kier molecular flexibility index (Phi) is 8.13. The van der Waals surface area contributed by atoms with E-state index in [0.29, 0.717) is 21.9 Å². The minimum atomic E-state index is -0.556. The maximum absolute atomic E-state index is 13.3. The van der Waals surface area contributed by atoms with E-state index in [1.807, 2.05) is 0 Å². The molecular formula is C24H22FNO5S. The maximum atomic E-state index is 13.3. The SMILES string of the molecule is CCOC(=O)c1c(-c2ccc(F)cc2)csc1NC(=O)/C=C/c1ccc(OCOC)cc1. The van der Waals surface area contributed by atoms with Crippen LogP contribution >= 0.6 is 11.3 Å². The van der Waals surface area contributed by atoms with Crippen LogP contribution in [0.3, 0.4) is 0 Å². The highest BCUT2D eigenvalue weighted by molar-refractivity contribution is 7.15. The molecule has 1 amide bonds. The van der Waals surface area contributed by atoms with Gasteiger partial charge in [0.15, 0.2) is 6.79 Å². The molecule has 32 heavy (non-hydrogen) atoms. The van der Waals surface area contributed by atoms with E-state index in [0.717, 1.165) is 5.56 Å². The van der Waals surface area contributed by atoms with E-state index in [1.54, 1.807) is 61.9 Å². The summed E-state index contributed by atoms with van der Waals surface area (Å²) in [6.07, 6.45) is 3.02. The summed E-state index contributed by atoms with van der Waals surface area (Å²) in [5, 5.41) is 4.83. The average Bonchev–Trinajstić information content (AvgIpc) is 3.21. The number of hydrogen-bond donors (Lipinski definition) is 1. The minimum absolute atomic E-state index is 0.154. The molecule has 2 aromatic carbocycles. The smallest absolute Gasteiger partial charge is 0.341 e. The van der Waals surface area contributed by atoms with Crippen molar-refractivity contribution in [1.82, 2.24) is 0 Å². The van der Waals surface area contributed by atoms with E-state index in [-0.39, 0.29) is 24.8 Å². The number of carbonyl (C=O) groups is 2. The number of benzene rings is 2. The van der Waals surface area contributed by atoms with Crippen LogP contribution in [-0.2, 0) is 14.3 Å². The topological polar surface area (TPSA) is 73.9 Å². The number of methoxy groups -OCH3 is 1. The lowest BCUT2D eigenvalue weighted by molar-refractivity contribution is -0.111. The zero-order valence-corrected chi connectivity index (χ0v) is 18.4. The third kappa shape index (κ3) is 6.03. The van der Waals surface area contributed by atoms with Crippen LogP contribution in [0.5, 0.6) is 5.75 Å². The predicted molar refractivity (Wildman–Crippen MR) is 122 cm³/mol. The van der Waals surface area contributed by atoms with Gasteiger partial charge in [0.1, 0.15) is 22.1 Å². The molecule has 1 aromatic heterocycles. The van der Waals surface area contributed by atoms with Crippen molar-refractivity contribution in [3.8, 4) is 16.9 Å². The van der Waals surface area contributed by atoms with Crippen LogP contribution in [0, 0.1) is 5.82 Å². The normalized spacial score (nSPS) is 10.8. The summed E-state index contributed by atoms with van der Waals surface area (Å²) in [5.74, 6) is -0.681. The van der Waals surface area contributed by atoms with E-state index in [4.69, 9.17) is 14.2 Å². The summed E-state index contributed by atoms with van der Waals surface area (Å²) in [6.45, 7) is 2.05. The lowest BCUT2D eigenvalue weighted by Gasteiger charge is -2.08. The standard InChI is InChI=1S/C24H22FNO5S/c1-3-30-24(28)22-20(17-7-9-18(25)10-8-17)14-32-23(22)26-21(27)13-6-16-4-11-19(12-5-16)31-15-29-2/h4-14H,3,15H2,1-2H3,(H,26,27)/b13-6+. The number of carbonyl (C=O) groups excluding carboxylic acids is 2. The van der Waals surface area contributed by atoms with E-state index in [9.17, 15) is 14.0 Å². The predicted octanol–water partition coefficient (Wildman–Crippen LogP) is 5.37. The fourth-order valence-electron chi connectivity index (χ4n) is 2.83. The van der Waals surface area contributed by atoms with E-state index in [1.165, 1.54) is 29.5 Å². The summed E-state index contributed by atoms with van der Waals surface area (Å²) in [6, 6.07) is 12.9. The van der Waals surface area contributed by atoms with Crippen molar-refractivity contribution in [2.75, 3.05) is 25.8 Å². The highest BCUT2D eigenvalue weighted by atomic mass is 32.1. The van der Waals surface area contributed by atoms with Crippen molar-refractivity contribution in [3.05, 3.63) is 76.9 Å². The summed E-state index contributed by atoms with van der Waals surface area (Å²) in [4.78, 5) is 25.1. The van der Waals surface area contributed by atoms with Gasteiger partial charge in [-0.1, -0.05) is 24.3 Å². The van der Waals surface area contributed by atoms with Crippen LogP contribution in [0.15, 0.2) is 60.0 Å². The third-order valence-corrected chi connectivity index (χ3v) is 5.21. The van der Waals surface area contributed by atoms with Gasteiger partial charge in [-0.2, -0.15) is 0 Å². The highest BCUT2D eigenvalue weighted by Crippen LogP contribution is 2.36. The summed E-state index contributed by atoms with van der Waals surface area (Å²) in [7, 11) is 1.54. The Morgan fingerprint density at radius 2 is 1.81 bits per heavy atom. The van der Waals surface area contributed by atoms with E-state index >= 15 is 0 Å². The van der Waals surface area contributed by atoms with Gasteiger partial charge in [0, 0.05) is 24.1 Å². The number of ether oxygens (including phenoxy) is 3. The summed E-state index contributed by atoms with van der Waals surface area (Å²) in [5.41, 5.74) is 2.26. The number of rotatable bonds is 9. The number of esters is 1. The number of thiophene rings is 1. The molecule has 166 valence electrons. The molecule has 3 aromatic rings. The lowest BCUT2D eigenvalue weighted by atomic mass is 10.0. The molecule has 0 unspecified atom stereocenters. The molecule has 1 N–H and O–H groups in total. The molecule has 0 atom stereocenters. The molecule has 0 saturated heterocycles. The van der Waals surface area contributed by atoms with Crippen LogP contribution in [-0.4, -0.2) is 32.4 Å². The third-order valence-electron chi connectivity index (χ3n) is 4.31. The molecule has 3 rings (SSSR count). The first-order valence-electron chi connectivity index (χ1n) is 9.77. The fraction of sp³-hybridized carbons (Fsp3) is 0.167. The zero-order valence-electron chi connectivity index (χ0n) is 17.6. The number of halogens is 1. The average molecular weight is 456 g/mol. The Labute approximate surface area is 189 Å². The van der Waals surface area contributed by atoms with Crippen molar-refractivity contribution in [1.29, 1.82) is 0 Å². The minimum Gasteiger partial charge on any atom is -0.468 e. The van der Waals surface area contributed by atoms with Gasteiger partial charge in [0.2, 0.25) is 5.91 Å². The van der Waals surface area contributed by atoms with Crippen LogP contribution < -0.4 is 10.1 Å². The van der Waals surface area contributed by atoms with Crippen LogP contribution in [0.2, 0.25) is 0 Å². The van der Waals surface area contributed by atoms with Gasteiger partial charge >= 0.3 is 5.97 Å². The van der Waals surface area contributed by atoms with Crippen molar-refractivity contribution >= 4 is 34.3 Å². The number of nitrogens with one attached hydrogen (secondary N) is 1. The second-order valence-corrected chi connectivity index (χ2v) is 7.40. The van der Waals surface area contributed by atoms with Crippen LogP contribution in [0.1, 0.15) is 22.8 Å². The molecule has 0 bridgehead atoms. The quantitative estimate of drug-likeness (QED) is 0.267. The van der Waals surface area contributed by atoms with Gasteiger partial charge < -0.3 is 19.5 Å². The number of anilines is 1. The molecule has 1 heterocycles. The van der Waals surface area contributed by atoms with Crippen LogP contribution in [0.4, 0.5) is 9.39 Å². The molecular weight excluding hydrogens is 433 g/mol. The molecule has 0 aliphatic carbocycles. The molecule has 0 aliphatic rings. The summed E-state index contributed by atoms with van der Waals surface area (Å²) >= 11 is 1.20.